The van der Waals surface area contributed by atoms with Crippen molar-refractivity contribution in [3.8, 4) is 17.0 Å². The van der Waals surface area contributed by atoms with Crippen molar-refractivity contribution < 1.29 is 37.3 Å². The predicted molar refractivity (Wildman–Crippen MR) is 161 cm³/mol. The van der Waals surface area contributed by atoms with Crippen molar-refractivity contribution in [2.45, 2.75) is 84.5 Å². The Bertz CT molecular complexity index is 1410. The number of imidazole rings is 1. The van der Waals surface area contributed by atoms with Crippen LogP contribution in [0.5, 0.6) is 5.75 Å². The summed E-state index contributed by atoms with van der Waals surface area (Å²) in [7, 11) is 0. The van der Waals surface area contributed by atoms with Crippen LogP contribution in [-0.4, -0.2) is 57.7 Å². The van der Waals surface area contributed by atoms with Gasteiger partial charge in [-0.2, -0.15) is 13.2 Å². The highest BCUT2D eigenvalue weighted by Crippen LogP contribution is 2.31. The minimum Gasteiger partial charge on any atom is -0.480 e. The van der Waals surface area contributed by atoms with E-state index < -0.39 is 30.3 Å². The van der Waals surface area contributed by atoms with E-state index in [4.69, 9.17) is 26.1 Å². The molecule has 3 rings (SSSR count). The lowest BCUT2D eigenvalue weighted by atomic mass is 10.0. The number of ether oxygens (including phenoxy) is 2. The van der Waals surface area contributed by atoms with E-state index in [-0.39, 0.29) is 41.5 Å². The zero-order chi connectivity index (χ0) is 32.6. The van der Waals surface area contributed by atoms with Gasteiger partial charge in [-0.3, -0.25) is 4.79 Å². The minimum atomic E-state index is -4.56. The second-order valence-electron chi connectivity index (χ2n) is 10.6. The first kappa shape index (κ1) is 34.7. The number of benzene rings is 2. The van der Waals surface area contributed by atoms with E-state index in [9.17, 15) is 27.9 Å². The third kappa shape index (κ3) is 9.62. The van der Waals surface area contributed by atoms with Crippen molar-refractivity contribution in [3.05, 3.63) is 70.6 Å². The van der Waals surface area contributed by atoms with Crippen molar-refractivity contribution in [1.29, 1.82) is 0 Å². The Balaban J connectivity index is 1.68. The molecule has 0 saturated heterocycles. The van der Waals surface area contributed by atoms with E-state index >= 15 is 0 Å². The average Bonchev–Trinajstić information content (AvgIpc) is 3.38. The second-order valence-corrected chi connectivity index (χ2v) is 11.0. The number of carbonyl (C=O) groups excluding carboxylic acids is 2. The Morgan fingerprint density at radius 1 is 1.07 bits per heavy atom. The maximum Gasteiger partial charge on any atom is 0.425 e. The number of aromatic nitrogens is 2. The molecule has 1 heterocycles. The molecule has 0 fully saturated rings. The molecule has 0 spiro atoms. The average molecular weight is 639 g/mol. The molecule has 3 N–H and O–H groups in total. The zero-order valence-corrected chi connectivity index (χ0v) is 26.0. The van der Waals surface area contributed by atoms with Crippen LogP contribution in [0.4, 0.5) is 18.0 Å². The molecule has 9 nitrogen and oxygen atoms in total. The van der Waals surface area contributed by atoms with Crippen LogP contribution in [0.3, 0.4) is 0 Å². The lowest BCUT2D eigenvalue weighted by molar-refractivity contribution is -0.189. The highest BCUT2D eigenvalue weighted by Gasteiger charge is 2.38. The molecule has 2 amide bonds. The summed E-state index contributed by atoms with van der Waals surface area (Å²) in [5, 5.41) is 15.1. The Hall–Kier alpha value is -3.77. The van der Waals surface area contributed by atoms with E-state index in [0.717, 1.165) is 23.7 Å². The first-order valence-electron chi connectivity index (χ1n) is 14.3. The molecule has 13 heteroatoms. The number of hydrogen-bond donors (Lipinski definition) is 3. The maximum atomic E-state index is 12.9. The van der Waals surface area contributed by atoms with Gasteiger partial charge in [0.15, 0.2) is 6.10 Å². The summed E-state index contributed by atoms with van der Waals surface area (Å²) in [6.07, 6.45) is -4.77. The number of hydrogen-bond acceptors (Lipinski definition) is 6. The summed E-state index contributed by atoms with van der Waals surface area (Å²) in [5.74, 6) is 0.0119. The maximum absolute atomic E-state index is 12.9. The first-order chi connectivity index (χ1) is 20.7. The van der Waals surface area contributed by atoms with Crippen LogP contribution in [0.2, 0.25) is 5.02 Å². The van der Waals surface area contributed by atoms with Crippen LogP contribution in [-0.2, 0) is 17.7 Å². The quantitative estimate of drug-likeness (QED) is 0.198. The van der Waals surface area contributed by atoms with Gasteiger partial charge in [0, 0.05) is 36.5 Å². The number of aliphatic hydroxyl groups is 1. The molecule has 3 atom stereocenters. The number of alkyl carbamates (subject to hydrolysis) is 1. The monoisotopic (exact) mass is 638 g/mol. The molecule has 1 aromatic heterocycles. The van der Waals surface area contributed by atoms with Gasteiger partial charge >= 0.3 is 12.3 Å². The number of aliphatic hydroxyl groups excluding tert-OH is 1. The molecule has 44 heavy (non-hydrogen) atoms. The molecular formula is C31H38ClF3N4O5. The fourth-order valence-corrected chi connectivity index (χ4v) is 4.62. The summed E-state index contributed by atoms with van der Waals surface area (Å²) in [4.78, 5) is 29.7. The van der Waals surface area contributed by atoms with Crippen LogP contribution in [0.1, 0.15) is 68.8 Å². The topological polar surface area (TPSA) is 115 Å². The molecule has 0 radical (unpaired) electrons. The van der Waals surface area contributed by atoms with Crippen LogP contribution in [0.25, 0.3) is 11.3 Å². The molecule has 1 unspecified atom stereocenters. The molecule has 2 aromatic carbocycles. The van der Waals surface area contributed by atoms with E-state index in [1.165, 1.54) is 18.2 Å². The van der Waals surface area contributed by atoms with Crippen molar-refractivity contribution in [2.75, 3.05) is 6.61 Å². The van der Waals surface area contributed by atoms with E-state index in [1.54, 1.807) is 13.8 Å². The lowest BCUT2D eigenvalue weighted by Crippen LogP contribution is -2.37. The van der Waals surface area contributed by atoms with Crippen LogP contribution >= 0.6 is 11.6 Å². The Labute approximate surface area is 259 Å². The summed E-state index contributed by atoms with van der Waals surface area (Å²) in [5.41, 5.74) is 2.63. The lowest BCUT2D eigenvalue weighted by Gasteiger charge is -2.20. The van der Waals surface area contributed by atoms with Crippen molar-refractivity contribution in [2.24, 2.45) is 0 Å². The van der Waals surface area contributed by atoms with Crippen molar-refractivity contribution in [3.63, 3.8) is 0 Å². The highest BCUT2D eigenvalue weighted by molar-refractivity contribution is 6.32. The third-order valence-corrected chi connectivity index (χ3v) is 7.01. The number of rotatable bonds is 13. The summed E-state index contributed by atoms with van der Waals surface area (Å²) in [6, 6.07) is 10.6. The summed E-state index contributed by atoms with van der Waals surface area (Å²) >= 11 is 6.10. The minimum absolute atomic E-state index is 0.127. The number of amides is 2. The van der Waals surface area contributed by atoms with E-state index in [1.807, 2.05) is 48.9 Å². The Morgan fingerprint density at radius 2 is 1.75 bits per heavy atom. The van der Waals surface area contributed by atoms with Gasteiger partial charge in [0.1, 0.15) is 11.6 Å². The number of nitrogens with one attached hydrogen (secondary N) is 2. The highest BCUT2D eigenvalue weighted by atomic mass is 35.5. The Morgan fingerprint density at radius 3 is 2.32 bits per heavy atom. The second kappa shape index (κ2) is 15.3. The van der Waals surface area contributed by atoms with Gasteiger partial charge in [-0.15, -0.1) is 0 Å². The number of alkyl halides is 3. The molecule has 3 aromatic rings. The SMILES string of the molecule is CCn1cc(-c2ccc(C[C@@H](CCO)NC(=O)c3ccc(O[C@H](C)C(F)(F)F)c(Cl)c3)cc2)nc1C(C)NC(=O)OC(C)C. The smallest absolute Gasteiger partial charge is 0.425 e. The molecule has 0 saturated carbocycles. The third-order valence-electron chi connectivity index (χ3n) is 6.72. The van der Waals surface area contributed by atoms with Gasteiger partial charge in [-0.1, -0.05) is 35.9 Å². The number of nitrogens with zero attached hydrogens (tertiary/aromatic N) is 2. The largest absolute Gasteiger partial charge is 0.480 e. The van der Waals surface area contributed by atoms with Gasteiger partial charge in [0.25, 0.3) is 5.91 Å². The van der Waals surface area contributed by atoms with E-state index in [2.05, 4.69) is 10.6 Å². The summed E-state index contributed by atoms with van der Waals surface area (Å²) < 4.78 is 50.5. The molecule has 0 aliphatic heterocycles. The predicted octanol–water partition coefficient (Wildman–Crippen LogP) is 6.47. The summed E-state index contributed by atoms with van der Waals surface area (Å²) in [6.45, 7) is 8.72. The normalized spacial score (nSPS) is 13.7. The fourth-order valence-electron chi connectivity index (χ4n) is 4.40. The van der Waals surface area contributed by atoms with Gasteiger partial charge in [0.05, 0.1) is 22.9 Å². The van der Waals surface area contributed by atoms with Gasteiger partial charge in [-0.25, -0.2) is 9.78 Å². The molecule has 0 aliphatic carbocycles. The van der Waals surface area contributed by atoms with E-state index in [0.29, 0.717) is 18.8 Å². The van der Waals surface area contributed by atoms with Gasteiger partial charge in [0.2, 0.25) is 0 Å². The number of carbonyl (C=O) groups is 2. The number of aryl methyl sites for hydroxylation is 1. The zero-order valence-electron chi connectivity index (χ0n) is 25.2. The standard InChI is InChI=1S/C31H38ClF3N4O5/c1-6-39-17-26(38-28(39)19(4)36-30(42)43-18(2)3)22-9-7-21(8-10-22)15-24(13-14-40)37-29(41)23-11-12-27(25(32)16-23)44-20(5)31(33,34)35/h7-12,16-20,24,40H,6,13-15H2,1-5H3,(H,36,42)(H,37,41)/t19?,20-,24-/m1/s1. The van der Waals surface area contributed by atoms with Crippen LogP contribution in [0, 0.1) is 0 Å². The molecular weight excluding hydrogens is 601 g/mol. The molecule has 240 valence electrons. The Kier molecular flexibility index (Phi) is 12.1. The first-order valence-corrected chi connectivity index (χ1v) is 14.7. The van der Waals surface area contributed by atoms with Gasteiger partial charge < -0.3 is 29.8 Å². The molecule has 0 aliphatic rings. The van der Waals surface area contributed by atoms with Crippen LogP contribution < -0.4 is 15.4 Å². The van der Waals surface area contributed by atoms with Gasteiger partial charge in [-0.05, 0) is 71.2 Å². The fraction of sp³-hybridized carbons (Fsp3) is 0.452. The number of halogens is 4. The molecule has 0 bridgehead atoms. The van der Waals surface area contributed by atoms with Crippen LogP contribution in [0.15, 0.2) is 48.7 Å². The van der Waals surface area contributed by atoms with Crippen molar-refractivity contribution in [1.82, 2.24) is 20.2 Å². The van der Waals surface area contributed by atoms with Crippen molar-refractivity contribution >= 4 is 23.6 Å².